The van der Waals surface area contributed by atoms with Crippen LogP contribution < -0.4 is 10.0 Å². The molecule has 2 fully saturated rings. The predicted molar refractivity (Wildman–Crippen MR) is 118 cm³/mol. The summed E-state index contributed by atoms with van der Waals surface area (Å²) >= 11 is 0. The minimum Gasteiger partial charge on any atom is -0.357 e. The summed E-state index contributed by atoms with van der Waals surface area (Å²) in [7, 11) is -3.52. The predicted octanol–water partition coefficient (Wildman–Crippen LogP) is 2.07. The summed E-state index contributed by atoms with van der Waals surface area (Å²) in [5.41, 5.74) is 0. The molecule has 2 N–H and O–H groups in total. The number of pyridine rings is 1. The Balaban J connectivity index is 0.00000261. The van der Waals surface area contributed by atoms with Crippen LogP contribution in [0.3, 0.4) is 0 Å². The smallest absolute Gasteiger partial charge is 0.242 e. The van der Waals surface area contributed by atoms with Crippen LogP contribution in [0.4, 0.5) is 0 Å². The molecule has 2 aliphatic rings. The minimum absolute atomic E-state index is 0. The van der Waals surface area contributed by atoms with Gasteiger partial charge in [0, 0.05) is 38.6 Å². The van der Waals surface area contributed by atoms with Gasteiger partial charge in [0.05, 0.1) is 6.54 Å². The van der Waals surface area contributed by atoms with Crippen molar-refractivity contribution >= 4 is 40.0 Å². The van der Waals surface area contributed by atoms with Crippen LogP contribution in [0.5, 0.6) is 0 Å². The molecule has 1 aliphatic heterocycles. The second kappa shape index (κ2) is 10.6. The van der Waals surface area contributed by atoms with E-state index in [4.69, 9.17) is 0 Å². The van der Waals surface area contributed by atoms with Crippen LogP contribution in [-0.2, 0) is 10.0 Å². The quantitative estimate of drug-likeness (QED) is 0.267. The zero-order valence-electron chi connectivity index (χ0n) is 15.8. The molecule has 27 heavy (non-hydrogen) atoms. The van der Waals surface area contributed by atoms with E-state index in [1.54, 1.807) is 12.3 Å². The molecule has 1 aliphatic carbocycles. The highest BCUT2D eigenvalue weighted by molar-refractivity contribution is 14.0. The van der Waals surface area contributed by atoms with E-state index in [2.05, 4.69) is 31.8 Å². The van der Waals surface area contributed by atoms with Gasteiger partial charge in [-0.05, 0) is 43.7 Å². The van der Waals surface area contributed by atoms with Crippen molar-refractivity contribution in [2.75, 3.05) is 32.7 Å². The lowest BCUT2D eigenvalue weighted by Crippen LogP contribution is -2.41. The van der Waals surface area contributed by atoms with Crippen LogP contribution in [0.25, 0.3) is 0 Å². The van der Waals surface area contributed by atoms with Crippen molar-refractivity contribution in [3.63, 3.8) is 0 Å². The summed E-state index contributed by atoms with van der Waals surface area (Å²) < 4.78 is 27.0. The molecule has 2 heterocycles. The number of halogens is 1. The fraction of sp³-hybridized carbons (Fsp3) is 0.667. The highest BCUT2D eigenvalue weighted by atomic mass is 127. The van der Waals surface area contributed by atoms with Gasteiger partial charge in [0.1, 0.15) is 4.90 Å². The number of nitrogens with one attached hydrogen (secondary N) is 2. The third-order valence-corrected chi connectivity index (χ3v) is 6.67. The molecule has 3 rings (SSSR count). The average molecular weight is 507 g/mol. The van der Waals surface area contributed by atoms with Gasteiger partial charge in [0.2, 0.25) is 10.0 Å². The van der Waals surface area contributed by atoms with Gasteiger partial charge < -0.3 is 10.2 Å². The molecule has 2 unspecified atom stereocenters. The molecule has 0 bridgehead atoms. The second-order valence-electron chi connectivity index (χ2n) is 7.03. The maximum atomic E-state index is 12.2. The summed E-state index contributed by atoms with van der Waals surface area (Å²) in [6.07, 6.45) is 8.25. The van der Waals surface area contributed by atoms with E-state index in [0.29, 0.717) is 6.54 Å². The second-order valence-corrected chi connectivity index (χ2v) is 8.80. The number of fused-ring (bicyclic) bond motifs is 1. The van der Waals surface area contributed by atoms with Crippen LogP contribution >= 0.6 is 24.0 Å². The molecule has 1 saturated carbocycles. The van der Waals surface area contributed by atoms with Crippen molar-refractivity contribution in [3.8, 4) is 0 Å². The van der Waals surface area contributed by atoms with Gasteiger partial charge in [0.25, 0.3) is 0 Å². The third-order valence-electron chi connectivity index (χ3n) is 5.22. The minimum atomic E-state index is -3.52. The lowest BCUT2D eigenvalue weighted by molar-refractivity contribution is 0.299. The molecular weight excluding hydrogens is 477 g/mol. The van der Waals surface area contributed by atoms with Crippen molar-refractivity contribution < 1.29 is 8.42 Å². The molecule has 0 aromatic carbocycles. The molecular formula is C18H30IN5O2S. The van der Waals surface area contributed by atoms with Crippen LogP contribution in [0.15, 0.2) is 34.4 Å². The van der Waals surface area contributed by atoms with Crippen LogP contribution in [0, 0.1) is 11.8 Å². The molecule has 9 heteroatoms. The van der Waals surface area contributed by atoms with Crippen molar-refractivity contribution in [3.05, 3.63) is 24.5 Å². The number of hydrogen-bond donors (Lipinski definition) is 2. The van der Waals surface area contributed by atoms with E-state index in [-0.39, 0.29) is 35.4 Å². The first kappa shape index (κ1) is 22.4. The lowest BCUT2D eigenvalue weighted by atomic mass is 9.82. The SMILES string of the molecule is CCNC(=NCCNS(=O)(=O)c1cccnc1)N1CC2CCCCC2C1.I. The Labute approximate surface area is 179 Å². The highest BCUT2D eigenvalue weighted by Gasteiger charge is 2.35. The van der Waals surface area contributed by atoms with Gasteiger partial charge in [-0.3, -0.25) is 9.98 Å². The first-order chi connectivity index (χ1) is 12.6. The van der Waals surface area contributed by atoms with Gasteiger partial charge in [-0.1, -0.05) is 12.8 Å². The van der Waals surface area contributed by atoms with Gasteiger partial charge >= 0.3 is 0 Å². The standard InChI is InChI=1S/C18H29N5O2S.HI/c1-2-20-18(23-13-15-6-3-4-7-16(15)14-23)21-10-11-22-26(24,25)17-8-5-9-19-12-17;/h5,8-9,12,15-16,22H,2-4,6-7,10-11,13-14H2,1H3,(H,20,21);1H. The Morgan fingerprint density at radius 3 is 2.59 bits per heavy atom. The van der Waals surface area contributed by atoms with E-state index in [1.165, 1.54) is 37.9 Å². The molecule has 152 valence electrons. The molecule has 0 amide bonds. The molecule has 0 radical (unpaired) electrons. The van der Waals surface area contributed by atoms with Gasteiger partial charge in [0.15, 0.2) is 5.96 Å². The fourth-order valence-corrected chi connectivity index (χ4v) is 4.92. The normalized spacial score (nSPS) is 22.9. The number of sulfonamides is 1. The number of aromatic nitrogens is 1. The first-order valence-electron chi connectivity index (χ1n) is 9.53. The largest absolute Gasteiger partial charge is 0.357 e. The van der Waals surface area contributed by atoms with E-state index >= 15 is 0 Å². The van der Waals surface area contributed by atoms with E-state index in [1.807, 2.05) is 0 Å². The summed E-state index contributed by atoms with van der Waals surface area (Å²) in [5, 5.41) is 3.35. The Hall–Kier alpha value is -0.940. The maximum Gasteiger partial charge on any atom is 0.242 e. The average Bonchev–Trinajstić information content (AvgIpc) is 3.09. The van der Waals surface area contributed by atoms with Crippen molar-refractivity contribution in [2.45, 2.75) is 37.5 Å². The fourth-order valence-electron chi connectivity index (χ4n) is 3.94. The number of nitrogens with zero attached hydrogens (tertiary/aromatic N) is 3. The number of aliphatic imine (C=N–C) groups is 1. The Morgan fingerprint density at radius 1 is 1.30 bits per heavy atom. The number of guanidine groups is 1. The van der Waals surface area contributed by atoms with Crippen LogP contribution in [0.1, 0.15) is 32.6 Å². The van der Waals surface area contributed by atoms with E-state index in [9.17, 15) is 8.42 Å². The summed E-state index contributed by atoms with van der Waals surface area (Å²) in [6, 6.07) is 3.15. The molecule has 1 aromatic rings. The van der Waals surface area contributed by atoms with E-state index in [0.717, 1.165) is 37.4 Å². The number of hydrogen-bond acceptors (Lipinski definition) is 4. The highest BCUT2D eigenvalue weighted by Crippen LogP contribution is 2.35. The van der Waals surface area contributed by atoms with Crippen LogP contribution in [0.2, 0.25) is 0 Å². The van der Waals surface area contributed by atoms with Gasteiger partial charge in [-0.25, -0.2) is 13.1 Å². The summed E-state index contributed by atoms with van der Waals surface area (Å²) in [5.74, 6) is 2.48. The zero-order chi connectivity index (χ0) is 18.4. The topological polar surface area (TPSA) is 86.7 Å². The first-order valence-corrected chi connectivity index (χ1v) is 11.0. The number of likely N-dealkylation sites (tertiary alicyclic amines) is 1. The zero-order valence-corrected chi connectivity index (χ0v) is 18.9. The molecule has 1 aromatic heterocycles. The van der Waals surface area contributed by atoms with Crippen molar-refractivity contribution in [1.29, 1.82) is 0 Å². The lowest BCUT2D eigenvalue weighted by Gasteiger charge is -2.22. The Morgan fingerprint density at radius 2 is 2.00 bits per heavy atom. The van der Waals surface area contributed by atoms with E-state index < -0.39 is 10.0 Å². The molecule has 7 nitrogen and oxygen atoms in total. The van der Waals surface area contributed by atoms with Gasteiger partial charge in [-0.2, -0.15) is 0 Å². The Bertz CT molecular complexity index is 700. The summed E-state index contributed by atoms with van der Waals surface area (Å²) in [4.78, 5) is 11.0. The molecule has 0 spiro atoms. The van der Waals surface area contributed by atoms with Crippen molar-refractivity contribution in [1.82, 2.24) is 19.9 Å². The Kier molecular flexibility index (Phi) is 8.74. The monoisotopic (exact) mass is 507 g/mol. The summed E-state index contributed by atoms with van der Waals surface area (Å²) in [6.45, 7) is 5.69. The molecule has 1 saturated heterocycles. The number of rotatable bonds is 6. The van der Waals surface area contributed by atoms with Crippen molar-refractivity contribution in [2.24, 2.45) is 16.8 Å². The van der Waals surface area contributed by atoms with Gasteiger partial charge in [-0.15, -0.1) is 24.0 Å². The third kappa shape index (κ3) is 6.02. The van der Waals surface area contributed by atoms with Crippen LogP contribution in [-0.4, -0.2) is 57.0 Å². The maximum absolute atomic E-state index is 12.2. The molecule has 2 atom stereocenters.